The lowest BCUT2D eigenvalue weighted by molar-refractivity contribution is 0.0351. The molecular weight excluding hydrogens is 599 g/mol. The van der Waals surface area contributed by atoms with Crippen molar-refractivity contribution in [3.63, 3.8) is 0 Å². The number of morpholine rings is 1. The van der Waals surface area contributed by atoms with Gasteiger partial charge >= 0.3 is 6.03 Å². The summed E-state index contributed by atoms with van der Waals surface area (Å²) in [5.41, 5.74) is 4.29. The van der Waals surface area contributed by atoms with Crippen molar-refractivity contribution in [3.05, 3.63) is 106 Å². The second kappa shape index (κ2) is 16.7. The van der Waals surface area contributed by atoms with Crippen LogP contribution in [0.4, 0.5) is 9.93 Å². The molecule has 1 aliphatic heterocycles. The number of benzene rings is 3. The first kappa shape index (κ1) is 32.9. The van der Waals surface area contributed by atoms with Gasteiger partial charge in [-0.2, -0.15) is 0 Å². The second-order valence-electron chi connectivity index (χ2n) is 9.58. The highest BCUT2D eigenvalue weighted by Crippen LogP contribution is 2.29. The van der Waals surface area contributed by atoms with Gasteiger partial charge in [0.05, 0.1) is 18.9 Å². The molecule has 5 rings (SSSR count). The number of thiazole rings is 1. The Labute approximate surface area is 263 Å². The van der Waals surface area contributed by atoms with Crippen molar-refractivity contribution >= 4 is 58.9 Å². The Morgan fingerprint density at radius 2 is 1.54 bits per heavy atom. The first-order valence-electron chi connectivity index (χ1n) is 13.3. The van der Waals surface area contributed by atoms with E-state index in [4.69, 9.17) is 16.3 Å². The average Bonchev–Trinajstić information content (AvgIpc) is 3.45. The number of urea groups is 1. The number of nitrogens with zero attached hydrogens (tertiary/aromatic N) is 3. The molecule has 41 heavy (non-hydrogen) atoms. The van der Waals surface area contributed by atoms with E-state index in [2.05, 4.69) is 63.7 Å². The van der Waals surface area contributed by atoms with E-state index in [-0.39, 0.29) is 36.8 Å². The number of hydrogen-bond donors (Lipinski definition) is 1. The van der Waals surface area contributed by atoms with Crippen LogP contribution in [0.15, 0.2) is 90.3 Å². The maximum absolute atomic E-state index is 13.6. The van der Waals surface area contributed by atoms with Gasteiger partial charge in [0, 0.05) is 54.6 Å². The highest BCUT2D eigenvalue weighted by atomic mass is 35.5. The summed E-state index contributed by atoms with van der Waals surface area (Å²) in [6, 6.07) is 28.5. The average molecular weight is 634 g/mol. The third-order valence-corrected chi connectivity index (χ3v) is 8.04. The van der Waals surface area contributed by atoms with Crippen LogP contribution in [0.5, 0.6) is 0 Å². The number of anilines is 1. The fourth-order valence-electron chi connectivity index (χ4n) is 4.84. The lowest BCUT2D eigenvalue weighted by atomic mass is 9.88. The Morgan fingerprint density at radius 3 is 2.15 bits per heavy atom. The number of carbonyl (C=O) groups excluding carboxylic acids is 1. The van der Waals surface area contributed by atoms with Crippen molar-refractivity contribution in [3.8, 4) is 11.3 Å². The summed E-state index contributed by atoms with van der Waals surface area (Å²) in [6.45, 7) is 5.33. The normalized spacial score (nSPS) is 13.2. The molecule has 1 fully saturated rings. The first-order chi connectivity index (χ1) is 19.2. The van der Waals surface area contributed by atoms with Gasteiger partial charge in [0.1, 0.15) is 0 Å². The third kappa shape index (κ3) is 9.43. The minimum Gasteiger partial charge on any atom is -0.379 e. The van der Waals surface area contributed by atoms with Crippen LogP contribution in [0.25, 0.3) is 11.3 Å². The van der Waals surface area contributed by atoms with Crippen LogP contribution in [0.3, 0.4) is 0 Å². The fourth-order valence-corrected chi connectivity index (χ4v) is 5.67. The molecule has 1 aromatic heterocycles. The number of rotatable bonds is 10. The number of halogens is 3. The predicted molar refractivity (Wildman–Crippen MR) is 174 cm³/mol. The molecule has 0 spiro atoms. The van der Waals surface area contributed by atoms with Crippen LogP contribution in [0, 0.1) is 0 Å². The van der Waals surface area contributed by atoms with E-state index in [0.29, 0.717) is 23.2 Å². The molecule has 0 unspecified atom stereocenters. The van der Waals surface area contributed by atoms with Crippen molar-refractivity contribution < 1.29 is 9.53 Å². The summed E-state index contributed by atoms with van der Waals surface area (Å²) in [6.07, 6.45) is 0.818. The van der Waals surface area contributed by atoms with Gasteiger partial charge in [-0.1, -0.05) is 84.4 Å². The quantitative estimate of drug-likeness (QED) is 0.195. The number of carbonyl (C=O) groups is 1. The second-order valence-corrected chi connectivity index (χ2v) is 10.9. The molecule has 0 aliphatic carbocycles. The molecule has 218 valence electrons. The van der Waals surface area contributed by atoms with Gasteiger partial charge in [0.25, 0.3) is 0 Å². The van der Waals surface area contributed by atoms with E-state index < -0.39 is 0 Å². The van der Waals surface area contributed by atoms with Gasteiger partial charge < -0.3 is 9.64 Å². The van der Waals surface area contributed by atoms with Crippen LogP contribution < -0.4 is 5.32 Å². The van der Waals surface area contributed by atoms with E-state index in [0.717, 1.165) is 50.5 Å². The minimum absolute atomic E-state index is 0. The minimum atomic E-state index is -0.125. The van der Waals surface area contributed by atoms with Gasteiger partial charge in [-0.05, 0) is 29.7 Å². The zero-order valence-electron chi connectivity index (χ0n) is 22.7. The standard InChI is InChI=1S/C31H33ClN4O2S.2ClH/c32-27-13-11-26(12-14-27)29-23-39-30(33-29)34-31(37)36(18-17-35-19-21-38-22-20-35)16-15-28(24-7-3-1-4-8-24)25-9-5-2-6-10-25;;/h1-14,23,28H,15-22H2,(H,33,34,37);2*1H. The smallest absolute Gasteiger partial charge is 0.323 e. The summed E-state index contributed by atoms with van der Waals surface area (Å²) in [5, 5.41) is 6.29. The van der Waals surface area contributed by atoms with Crippen LogP contribution in [-0.2, 0) is 4.74 Å². The number of nitrogens with one attached hydrogen (secondary N) is 1. The summed E-state index contributed by atoms with van der Waals surface area (Å²) < 4.78 is 5.51. The SMILES string of the molecule is Cl.Cl.O=C(Nc1nc(-c2ccc(Cl)cc2)cs1)N(CCC(c1ccccc1)c1ccccc1)CCN1CCOCC1. The van der Waals surface area contributed by atoms with Crippen LogP contribution in [0.2, 0.25) is 5.02 Å². The third-order valence-electron chi connectivity index (χ3n) is 7.03. The maximum Gasteiger partial charge on any atom is 0.323 e. The number of amides is 2. The summed E-state index contributed by atoms with van der Waals surface area (Å²) in [5.74, 6) is 0.197. The Kier molecular flexibility index (Phi) is 13.4. The topological polar surface area (TPSA) is 57.7 Å². The fraction of sp³-hybridized carbons (Fsp3) is 0.290. The first-order valence-corrected chi connectivity index (χ1v) is 14.6. The number of hydrogen-bond acceptors (Lipinski definition) is 5. The predicted octanol–water partition coefficient (Wildman–Crippen LogP) is 7.70. The molecule has 6 nitrogen and oxygen atoms in total. The molecule has 3 aromatic carbocycles. The van der Waals surface area contributed by atoms with Crippen molar-refractivity contribution in [1.29, 1.82) is 0 Å². The van der Waals surface area contributed by atoms with Crippen molar-refractivity contribution in [2.75, 3.05) is 51.3 Å². The van der Waals surface area contributed by atoms with Crippen molar-refractivity contribution in [1.82, 2.24) is 14.8 Å². The molecule has 10 heteroatoms. The Bertz CT molecular complexity index is 1280. The molecule has 1 saturated heterocycles. The zero-order chi connectivity index (χ0) is 26.9. The summed E-state index contributed by atoms with van der Waals surface area (Å²) >= 11 is 7.46. The maximum atomic E-state index is 13.6. The Balaban J connectivity index is 0.00000231. The molecule has 1 N–H and O–H groups in total. The van der Waals surface area contributed by atoms with Gasteiger partial charge in [0.2, 0.25) is 0 Å². The van der Waals surface area contributed by atoms with Gasteiger partial charge in [-0.15, -0.1) is 36.2 Å². The molecule has 0 atom stereocenters. The van der Waals surface area contributed by atoms with Crippen molar-refractivity contribution in [2.24, 2.45) is 0 Å². The van der Waals surface area contributed by atoms with Crippen molar-refractivity contribution in [2.45, 2.75) is 12.3 Å². The Hall–Kier alpha value is -2.65. The lowest BCUT2D eigenvalue weighted by Crippen LogP contribution is -2.44. The van der Waals surface area contributed by atoms with Crippen LogP contribution in [-0.4, -0.2) is 66.8 Å². The molecule has 4 aromatic rings. The molecule has 1 aliphatic rings. The largest absolute Gasteiger partial charge is 0.379 e. The van der Waals surface area contributed by atoms with Crippen LogP contribution >= 0.6 is 47.8 Å². The zero-order valence-corrected chi connectivity index (χ0v) is 25.9. The van der Waals surface area contributed by atoms with E-state index in [1.165, 1.54) is 22.5 Å². The Morgan fingerprint density at radius 1 is 0.927 bits per heavy atom. The highest BCUT2D eigenvalue weighted by molar-refractivity contribution is 7.14. The van der Waals surface area contributed by atoms with E-state index in [1.54, 1.807) is 0 Å². The van der Waals surface area contributed by atoms with E-state index >= 15 is 0 Å². The lowest BCUT2D eigenvalue weighted by Gasteiger charge is -2.31. The monoisotopic (exact) mass is 632 g/mol. The summed E-state index contributed by atoms with van der Waals surface area (Å²) in [7, 11) is 0. The van der Waals surface area contributed by atoms with Gasteiger partial charge in [-0.3, -0.25) is 10.2 Å². The molecular formula is C31H35Cl3N4O2S. The molecule has 2 heterocycles. The van der Waals surface area contributed by atoms with Crippen LogP contribution in [0.1, 0.15) is 23.5 Å². The number of aromatic nitrogens is 1. The van der Waals surface area contributed by atoms with E-state index in [9.17, 15) is 4.79 Å². The summed E-state index contributed by atoms with van der Waals surface area (Å²) in [4.78, 5) is 22.5. The highest BCUT2D eigenvalue weighted by Gasteiger charge is 2.21. The molecule has 0 saturated carbocycles. The van der Waals surface area contributed by atoms with Gasteiger partial charge in [0.15, 0.2) is 5.13 Å². The molecule has 2 amide bonds. The molecule has 0 radical (unpaired) electrons. The number of ether oxygens (including phenoxy) is 1. The van der Waals surface area contributed by atoms with Gasteiger partial charge in [-0.25, -0.2) is 9.78 Å². The van der Waals surface area contributed by atoms with E-state index in [1.807, 2.05) is 46.7 Å². The molecule has 0 bridgehead atoms.